The Morgan fingerprint density at radius 1 is 1.47 bits per heavy atom. The molecule has 0 amide bonds. The largest absolute Gasteiger partial charge is 0.377 e. The highest BCUT2D eigenvalue weighted by Crippen LogP contribution is 2.37. The van der Waals surface area contributed by atoms with Crippen molar-refractivity contribution in [2.45, 2.75) is 45.6 Å². The molecule has 0 spiro atoms. The van der Waals surface area contributed by atoms with Crippen LogP contribution >= 0.6 is 22.6 Å². The van der Waals surface area contributed by atoms with Gasteiger partial charge in [-0.1, -0.05) is 20.3 Å². The Balaban J connectivity index is 2.17. The van der Waals surface area contributed by atoms with Gasteiger partial charge in [-0.3, -0.25) is 10.1 Å². The molecule has 0 aliphatic heterocycles. The van der Waals surface area contributed by atoms with E-state index in [0.29, 0.717) is 17.1 Å². The first-order valence-corrected chi connectivity index (χ1v) is 7.66. The van der Waals surface area contributed by atoms with Crippen molar-refractivity contribution >= 4 is 34.0 Å². The minimum atomic E-state index is -0.307. The van der Waals surface area contributed by atoms with Crippen LogP contribution in [-0.4, -0.2) is 11.0 Å². The average molecular weight is 374 g/mol. The van der Waals surface area contributed by atoms with Crippen LogP contribution in [0, 0.1) is 19.1 Å². The van der Waals surface area contributed by atoms with Crippen LogP contribution in [0.15, 0.2) is 18.2 Å². The molecule has 4 nitrogen and oxygen atoms in total. The standard InChI is InChI=1S/C14H19IN2O2/c1-14(2)7-3-4-11(9-14)16-12-6-5-10(15)8-13(12)17(18)19/h5-6,8,11,16H,3-4,7,9H2,1-2H3. The topological polar surface area (TPSA) is 55.2 Å². The van der Waals surface area contributed by atoms with Crippen LogP contribution in [-0.2, 0) is 0 Å². The van der Waals surface area contributed by atoms with Gasteiger partial charge in [0.2, 0.25) is 0 Å². The first-order valence-electron chi connectivity index (χ1n) is 6.58. The Labute approximate surface area is 127 Å². The van der Waals surface area contributed by atoms with E-state index in [2.05, 4.69) is 41.8 Å². The van der Waals surface area contributed by atoms with Crippen molar-refractivity contribution in [2.24, 2.45) is 5.41 Å². The number of nitro groups is 1. The normalized spacial score (nSPS) is 21.9. The van der Waals surface area contributed by atoms with Gasteiger partial charge in [0, 0.05) is 15.7 Å². The maximum atomic E-state index is 11.1. The predicted molar refractivity (Wildman–Crippen MR) is 85.5 cm³/mol. The molecule has 0 bridgehead atoms. The van der Waals surface area contributed by atoms with Gasteiger partial charge in [-0.25, -0.2) is 0 Å². The molecule has 1 N–H and O–H groups in total. The molecule has 1 aliphatic rings. The van der Waals surface area contributed by atoms with Gasteiger partial charge in [-0.15, -0.1) is 0 Å². The summed E-state index contributed by atoms with van der Waals surface area (Å²) in [5.74, 6) is 0. The Morgan fingerprint density at radius 2 is 2.21 bits per heavy atom. The molecule has 5 heteroatoms. The van der Waals surface area contributed by atoms with Crippen molar-refractivity contribution in [1.29, 1.82) is 0 Å². The molecular weight excluding hydrogens is 355 g/mol. The number of nitrogens with one attached hydrogen (secondary N) is 1. The molecular formula is C14H19IN2O2. The molecule has 1 saturated carbocycles. The highest BCUT2D eigenvalue weighted by molar-refractivity contribution is 14.1. The second kappa shape index (κ2) is 5.64. The second-order valence-corrected chi connectivity index (χ2v) is 7.27. The van der Waals surface area contributed by atoms with Gasteiger partial charge in [-0.05, 0) is 59.4 Å². The lowest BCUT2D eigenvalue weighted by Gasteiger charge is -2.35. The zero-order valence-corrected chi connectivity index (χ0v) is 13.4. The second-order valence-electron chi connectivity index (χ2n) is 6.02. The summed E-state index contributed by atoms with van der Waals surface area (Å²) in [6.45, 7) is 4.53. The average Bonchev–Trinajstić information content (AvgIpc) is 2.30. The molecule has 19 heavy (non-hydrogen) atoms. The van der Waals surface area contributed by atoms with Crippen LogP contribution in [0.2, 0.25) is 0 Å². The maximum Gasteiger partial charge on any atom is 0.293 e. The van der Waals surface area contributed by atoms with E-state index in [-0.39, 0.29) is 10.6 Å². The molecule has 1 aromatic rings. The summed E-state index contributed by atoms with van der Waals surface area (Å²) in [4.78, 5) is 10.8. The van der Waals surface area contributed by atoms with Gasteiger partial charge in [0.25, 0.3) is 5.69 Å². The minimum Gasteiger partial charge on any atom is -0.377 e. The molecule has 104 valence electrons. The smallest absolute Gasteiger partial charge is 0.293 e. The van der Waals surface area contributed by atoms with E-state index in [4.69, 9.17) is 0 Å². The number of hydrogen-bond acceptors (Lipinski definition) is 3. The Morgan fingerprint density at radius 3 is 2.84 bits per heavy atom. The molecule has 1 aliphatic carbocycles. The van der Waals surface area contributed by atoms with Crippen molar-refractivity contribution in [3.63, 3.8) is 0 Å². The number of hydrogen-bond donors (Lipinski definition) is 1. The molecule has 1 atom stereocenters. The van der Waals surface area contributed by atoms with Gasteiger partial charge in [-0.2, -0.15) is 0 Å². The van der Waals surface area contributed by atoms with Gasteiger partial charge in [0.15, 0.2) is 0 Å². The maximum absolute atomic E-state index is 11.1. The molecule has 0 aromatic heterocycles. The number of anilines is 1. The molecule has 0 saturated heterocycles. The summed E-state index contributed by atoms with van der Waals surface area (Å²) in [7, 11) is 0. The van der Waals surface area contributed by atoms with E-state index in [0.717, 1.165) is 16.4 Å². The number of rotatable bonds is 3. The third-order valence-corrected chi connectivity index (χ3v) is 4.39. The summed E-state index contributed by atoms with van der Waals surface area (Å²) in [5, 5.41) is 14.5. The fraction of sp³-hybridized carbons (Fsp3) is 0.571. The zero-order valence-electron chi connectivity index (χ0n) is 11.3. The summed E-state index contributed by atoms with van der Waals surface area (Å²) >= 11 is 2.10. The number of benzene rings is 1. The number of nitro benzene ring substituents is 1. The Hall–Kier alpha value is -0.850. The van der Waals surface area contributed by atoms with Gasteiger partial charge >= 0.3 is 0 Å². The third kappa shape index (κ3) is 3.81. The molecule has 0 radical (unpaired) electrons. The van der Waals surface area contributed by atoms with Crippen molar-refractivity contribution in [1.82, 2.24) is 0 Å². The molecule has 0 heterocycles. The predicted octanol–water partition coefficient (Wildman–Crippen LogP) is 4.58. The molecule has 1 fully saturated rings. The van der Waals surface area contributed by atoms with Gasteiger partial charge < -0.3 is 5.32 Å². The van der Waals surface area contributed by atoms with Crippen molar-refractivity contribution < 1.29 is 4.92 Å². The number of halogens is 1. The molecule has 1 aromatic carbocycles. The van der Waals surface area contributed by atoms with Crippen LogP contribution in [0.3, 0.4) is 0 Å². The first kappa shape index (κ1) is 14.6. The lowest BCUT2D eigenvalue weighted by Crippen LogP contribution is -2.31. The SMILES string of the molecule is CC1(C)CCCC(Nc2ccc(I)cc2[N+](=O)[O-])C1. The van der Waals surface area contributed by atoms with Gasteiger partial charge in [0.05, 0.1) is 4.92 Å². The Bertz CT molecular complexity index is 488. The van der Waals surface area contributed by atoms with Crippen LogP contribution in [0.4, 0.5) is 11.4 Å². The van der Waals surface area contributed by atoms with Crippen LogP contribution in [0.1, 0.15) is 39.5 Å². The summed E-state index contributed by atoms with van der Waals surface area (Å²) < 4.78 is 0.888. The summed E-state index contributed by atoms with van der Waals surface area (Å²) in [5.41, 5.74) is 1.15. The van der Waals surface area contributed by atoms with E-state index in [1.54, 1.807) is 6.07 Å². The molecule has 1 unspecified atom stereocenters. The summed E-state index contributed by atoms with van der Waals surface area (Å²) in [6, 6.07) is 5.69. The van der Waals surface area contributed by atoms with E-state index >= 15 is 0 Å². The minimum absolute atomic E-state index is 0.176. The van der Waals surface area contributed by atoms with E-state index in [1.165, 1.54) is 12.8 Å². The quantitative estimate of drug-likeness (QED) is 0.479. The fourth-order valence-corrected chi connectivity index (χ4v) is 3.29. The van der Waals surface area contributed by atoms with Crippen LogP contribution in [0.25, 0.3) is 0 Å². The van der Waals surface area contributed by atoms with E-state index in [1.807, 2.05) is 12.1 Å². The number of nitrogens with zero attached hydrogens (tertiary/aromatic N) is 1. The first-order chi connectivity index (χ1) is 8.87. The van der Waals surface area contributed by atoms with E-state index < -0.39 is 0 Å². The monoisotopic (exact) mass is 374 g/mol. The summed E-state index contributed by atoms with van der Waals surface area (Å²) in [6.07, 6.45) is 4.57. The molecule has 2 rings (SSSR count). The fourth-order valence-electron chi connectivity index (χ4n) is 2.82. The lowest BCUT2D eigenvalue weighted by molar-refractivity contribution is -0.384. The highest BCUT2D eigenvalue weighted by atomic mass is 127. The highest BCUT2D eigenvalue weighted by Gasteiger charge is 2.29. The van der Waals surface area contributed by atoms with Gasteiger partial charge in [0.1, 0.15) is 5.69 Å². The zero-order chi connectivity index (χ0) is 14.0. The third-order valence-electron chi connectivity index (χ3n) is 3.72. The van der Waals surface area contributed by atoms with Crippen LogP contribution in [0.5, 0.6) is 0 Å². The van der Waals surface area contributed by atoms with Crippen molar-refractivity contribution in [3.8, 4) is 0 Å². The van der Waals surface area contributed by atoms with Crippen LogP contribution < -0.4 is 5.32 Å². The Kier molecular flexibility index (Phi) is 4.32. The van der Waals surface area contributed by atoms with Crippen molar-refractivity contribution in [2.75, 3.05) is 5.32 Å². The lowest BCUT2D eigenvalue weighted by atomic mass is 9.75. The van der Waals surface area contributed by atoms with E-state index in [9.17, 15) is 10.1 Å². The van der Waals surface area contributed by atoms with Crippen molar-refractivity contribution in [3.05, 3.63) is 31.9 Å².